The number of benzene rings is 10. The SMILES string of the molecule is Cc1ccc(N2c3cc(-n4c5ccccc5c5ccccc54)cc4c3P3(=S)c5c(cc(-n6c7ccccc7c7ccccc76)cc5Oc5cc(-n6c7ccccc7c7ccccc76)cc2c53)O4)cc1. The summed E-state index contributed by atoms with van der Waals surface area (Å²) >= 11 is 7.51. The standard InChI is InChI=1S/C61H37N4O2PS/c1-36-26-28-37(29-27-36)62-53-30-38(63-47-20-8-2-14-41(47)42-15-3-9-21-48(42)63)32-55-59(53)68(69)60-54(62)31-39(64-49-22-10-4-16-43(49)44-17-5-11-23-50(44)64)33-56(60)67-58-35-40(34-57(66-55)61(58)68)65-51-24-12-6-18-45(51)46-19-7-13-25-52(46)65/h2-35H,1H3. The van der Waals surface area contributed by atoms with Crippen LogP contribution in [0, 0.1) is 6.92 Å². The van der Waals surface area contributed by atoms with E-state index in [0.717, 1.165) is 106 Å². The summed E-state index contributed by atoms with van der Waals surface area (Å²) in [5, 5.41) is 10.2. The molecule has 69 heavy (non-hydrogen) atoms. The molecule has 3 aliphatic heterocycles. The minimum Gasteiger partial charge on any atom is -0.456 e. The molecule has 0 saturated heterocycles. The van der Waals surface area contributed by atoms with Gasteiger partial charge < -0.3 is 28.1 Å². The summed E-state index contributed by atoms with van der Waals surface area (Å²) in [4.78, 5) is 2.42. The van der Waals surface area contributed by atoms with Crippen LogP contribution >= 0.6 is 6.04 Å². The lowest BCUT2D eigenvalue weighted by molar-refractivity contribution is 0.466. The maximum Gasteiger partial charge on any atom is 0.142 e. The molecule has 0 saturated carbocycles. The highest BCUT2D eigenvalue weighted by Crippen LogP contribution is 2.66. The Hall–Kier alpha value is -8.35. The van der Waals surface area contributed by atoms with Crippen molar-refractivity contribution >= 4 is 116 Å². The Labute approximate surface area is 401 Å². The number of ether oxygens (including phenoxy) is 2. The van der Waals surface area contributed by atoms with Gasteiger partial charge in [0.15, 0.2) is 0 Å². The van der Waals surface area contributed by atoms with Crippen molar-refractivity contribution in [3.05, 3.63) is 212 Å². The number of para-hydroxylation sites is 6. The third-order valence-corrected chi connectivity index (χ3v) is 19.6. The fourth-order valence-electron chi connectivity index (χ4n) is 12.0. The molecular formula is C61H37N4O2PS. The van der Waals surface area contributed by atoms with Crippen LogP contribution in [-0.2, 0) is 11.8 Å². The molecule has 0 atom stereocenters. The Bertz CT molecular complexity index is 4140. The van der Waals surface area contributed by atoms with E-state index in [-0.39, 0.29) is 0 Å². The van der Waals surface area contributed by atoms with Crippen LogP contribution in [-0.4, -0.2) is 13.7 Å². The molecule has 16 rings (SSSR count). The van der Waals surface area contributed by atoms with Gasteiger partial charge in [-0.2, -0.15) is 0 Å². The molecule has 0 fully saturated rings. The summed E-state index contributed by atoms with van der Waals surface area (Å²) in [6, 6.07) is 71.6. The zero-order chi connectivity index (χ0) is 45.3. The molecule has 3 aliphatic rings. The molecule has 10 aromatic carbocycles. The summed E-state index contributed by atoms with van der Waals surface area (Å²) in [5.74, 6) is 3.01. The first-order chi connectivity index (χ1) is 34.0. The normalized spacial score (nSPS) is 14.0. The van der Waals surface area contributed by atoms with Crippen LogP contribution in [0.15, 0.2) is 206 Å². The van der Waals surface area contributed by atoms with Gasteiger partial charge in [-0.1, -0.05) is 139 Å². The fourth-order valence-corrected chi connectivity index (χ4v) is 17.0. The Morgan fingerprint density at radius 2 is 0.623 bits per heavy atom. The van der Waals surface area contributed by atoms with Crippen molar-refractivity contribution in [3.63, 3.8) is 0 Å². The van der Waals surface area contributed by atoms with Gasteiger partial charge in [-0.05, 0) is 67.6 Å². The average molecular weight is 921 g/mol. The van der Waals surface area contributed by atoms with Gasteiger partial charge in [-0.3, -0.25) is 0 Å². The molecule has 0 N–H and O–H groups in total. The van der Waals surface area contributed by atoms with Crippen molar-refractivity contribution in [2.45, 2.75) is 6.92 Å². The minimum atomic E-state index is -2.92. The van der Waals surface area contributed by atoms with Crippen molar-refractivity contribution in [3.8, 4) is 40.1 Å². The van der Waals surface area contributed by atoms with Crippen LogP contribution in [0.25, 0.3) is 82.5 Å². The topological polar surface area (TPSA) is 36.5 Å². The third-order valence-electron chi connectivity index (χ3n) is 14.8. The molecule has 6 heterocycles. The van der Waals surface area contributed by atoms with Gasteiger partial charge >= 0.3 is 0 Å². The highest BCUT2D eigenvalue weighted by molar-refractivity contribution is 8.26. The van der Waals surface area contributed by atoms with E-state index in [1.807, 2.05) is 0 Å². The fraction of sp³-hybridized carbons (Fsp3) is 0.0164. The predicted octanol–water partition coefficient (Wildman–Crippen LogP) is 15.0. The molecule has 0 spiro atoms. The zero-order valence-electron chi connectivity index (χ0n) is 37.1. The summed E-state index contributed by atoms with van der Waals surface area (Å²) in [5.41, 5.74) is 13.9. The second kappa shape index (κ2) is 13.4. The Morgan fingerprint density at radius 1 is 0.333 bits per heavy atom. The number of aryl methyl sites for hydroxylation is 1. The summed E-state index contributed by atoms with van der Waals surface area (Å²) in [7, 11) is 0. The van der Waals surface area contributed by atoms with Crippen LogP contribution in [0.1, 0.15) is 5.56 Å². The van der Waals surface area contributed by atoms with E-state index in [2.05, 4.69) is 232 Å². The van der Waals surface area contributed by atoms with Crippen LogP contribution in [0.2, 0.25) is 0 Å². The molecule has 0 aliphatic carbocycles. The van der Waals surface area contributed by atoms with Gasteiger partial charge in [0, 0.05) is 62.3 Å². The van der Waals surface area contributed by atoms with E-state index in [0.29, 0.717) is 0 Å². The molecular weight excluding hydrogens is 884 g/mol. The first-order valence-corrected chi connectivity index (χ1v) is 26.2. The number of nitrogens with zero attached hydrogens (tertiary/aromatic N) is 4. The van der Waals surface area contributed by atoms with Gasteiger partial charge in [0.05, 0.1) is 83.5 Å². The van der Waals surface area contributed by atoms with Crippen LogP contribution in [0.5, 0.6) is 23.0 Å². The van der Waals surface area contributed by atoms with E-state index in [9.17, 15) is 0 Å². The summed E-state index contributed by atoms with van der Waals surface area (Å²) in [6.45, 7) is 2.14. The summed E-state index contributed by atoms with van der Waals surface area (Å²) in [6.07, 6.45) is 0. The van der Waals surface area contributed by atoms with Gasteiger partial charge in [0.1, 0.15) is 23.0 Å². The number of hydrogen-bond acceptors (Lipinski definition) is 4. The largest absolute Gasteiger partial charge is 0.456 e. The van der Waals surface area contributed by atoms with Gasteiger partial charge in [-0.15, -0.1) is 0 Å². The minimum absolute atomic E-state index is 0.734. The van der Waals surface area contributed by atoms with E-state index in [1.54, 1.807) is 0 Å². The first-order valence-electron chi connectivity index (χ1n) is 23.4. The molecule has 0 unspecified atom stereocenters. The van der Waals surface area contributed by atoms with E-state index in [4.69, 9.17) is 21.3 Å². The molecule has 324 valence electrons. The Kier molecular flexibility index (Phi) is 7.33. The molecule has 6 nitrogen and oxygen atoms in total. The zero-order valence-corrected chi connectivity index (χ0v) is 38.8. The molecule has 0 bridgehead atoms. The molecule has 3 aromatic heterocycles. The maximum atomic E-state index is 7.51. The van der Waals surface area contributed by atoms with E-state index >= 15 is 0 Å². The monoisotopic (exact) mass is 920 g/mol. The van der Waals surface area contributed by atoms with Crippen molar-refractivity contribution in [1.29, 1.82) is 0 Å². The second-order valence-corrected chi connectivity index (χ2v) is 22.7. The number of rotatable bonds is 4. The lowest BCUT2D eigenvalue weighted by Crippen LogP contribution is -2.42. The van der Waals surface area contributed by atoms with Gasteiger partial charge in [0.25, 0.3) is 0 Å². The van der Waals surface area contributed by atoms with Crippen molar-refractivity contribution in [2.24, 2.45) is 0 Å². The predicted molar refractivity (Wildman–Crippen MR) is 289 cm³/mol. The molecule has 8 heteroatoms. The average Bonchev–Trinajstić information content (AvgIpc) is 4.02. The molecule has 13 aromatic rings. The number of fused-ring (bicyclic) bond motifs is 9. The van der Waals surface area contributed by atoms with E-state index in [1.165, 1.54) is 37.9 Å². The molecule has 0 amide bonds. The van der Waals surface area contributed by atoms with Crippen LogP contribution in [0.4, 0.5) is 17.1 Å². The summed E-state index contributed by atoms with van der Waals surface area (Å²) < 4.78 is 22.0. The highest BCUT2D eigenvalue weighted by atomic mass is 32.4. The van der Waals surface area contributed by atoms with Gasteiger partial charge in [-0.25, -0.2) is 0 Å². The van der Waals surface area contributed by atoms with Crippen molar-refractivity contribution < 1.29 is 9.47 Å². The lowest BCUT2D eigenvalue weighted by Gasteiger charge is -2.46. The van der Waals surface area contributed by atoms with Crippen LogP contribution < -0.4 is 30.3 Å². The van der Waals surface area contributed by atoms with Crippen molar-refractivity contribution in [2.75, 3.05) is 4.90 Å². The first kappa shape index (κ1) is 37.7. The van der Waals surface area contributed by atoms with Crippen molar-refractivity contribution in [1.82, 2.24) is 13.7 Å². The Balaban J connectivity index is 1.05. The van der Waals surface area contributed by atoms with E-state index < -0.39 is 6.04 Å². The van der Waals surface area contributed by atoms with Gasteiger partial charge in [0.2, 0.25) is 0 Å². The smallest absolute Gasteiger partial charge is 0.142 e. The number of hydrogen-bond donors (Lipinski definition) is 0. The second-order valence-electron chi connectivity index (χ2n) is 18.5. The molecule has 0 radical (unpaired) electrons. The number of anilines is 3. The number of aromatic nitrogens is 3. The lowest BCUT2D eigenvalue weighted by atomic mass is 10.1. The van der Waals surface area contributed by atoms with Crippen LogP contribution in [0.3, 0.4) is 0 Å². The third kappa shape index (κ3) is 4.88. The maximum absolute atomic E-state index is 7.51. The highest BCUT2D eigenvalue weighted by Gasteiger charge is 2.51. The quantitative estimate of drug-likeness (QED) is 0.165. The Morgan fingerprint density at radius 3 is 0.957 bits per heavy atom.